The molecule has 1 aliphatic heterocycles. The van der Waals surface area contributed by atoms with Crippen LogP contribution in [0.5, 0.6) is 11.5 Å². The van der Waals surface area contributed by atoms with Crippen LogP contribution in [0.4, 0.5) is 0 Å². The molecule has 5 heteroatoms. The average molecular weight is 431 g/mol. The summed E-state index contributed by atoms with van der Waals surface area (Å²) >= 11 is 0. The highest BCUT2D eigenvalue weighted by Gasteiger charge is 2.37. The van der Waals surface area contributed by atoms with Gasteiger partial charge in [0.2, 0.25) is 0 Å². The van der Waals surface area contributed by atoms with Crippen molar-refractivity contribution in [3.63, 3.8) is 0 Å². The summed E-state index contributed by atoms with van der Waals surface area (Å²) in [6.07, 6.45) is 1.89. The number of nitrogens with one attached hydrogen (secondary N) is 1. The van der Waals surface area contributed by atoms with Crippen LogP contribution in [-0.2, 0) is 12.0 Å². The van der Waals surface area contributed by atoms with Gasteiger partial charge < -0.3 is 15.2 Å². The Morgan fingerprint density at radius 3 is 2.28 bits per heavy atom. The predicted octanol–water partition coefficient (Wildman–Crippen LogP) is 4.36. The van der Waals surface area contributed by atoms with Crippen LogP contribution in [0.1, 0.15) is 34.3 Å². The van der Waals surface area contributed by atoms with Crippen LogP contribution in [-0.4, -0.2) is 42.7 Å². The Bertz CT molecular complexity index is 1030. The monoisotopic (exact) mass is 430 g/mol. The van der Waals surface area contributed by atoms with Gasteiger partial charge in [0.15, 0.2) is 0 Å². The summed E-state index contributed by atoms with van der Waals surface area (Å²) in [5.41, 5.74) is 2.59. The maximum Gasteiger partial charge on any atom is 0.258 e. The summed E-state index contributed by atoms with van der Waals surface area (Å²) in [7, 11) is 1.50. The zero-order chi connectivity index (χ0) is 22.4. The molecule has 0 atom stereocenters. The molecule has 0 aromatic heterocycles. The second-order valence-corrected chi connectivity index (χ2v) is 8.45. The minimum Gasteiger partial charge on any atom is -0.507 e. The van der Waals surface area contributed by atoms with E-state index < -0.39 is 0 Å². The molecule has 1 heterocycles. The number of amides is 1. The summed E-state index contributed by atoms with van der Waals surface area (Å²) in [5.74, 6) is -0.0239. The van der Waals surface area contributed by atoms with Crippen LogP contribution >= 0.6 is 0 Å². The number of hydrogen-bond donors (Lipinski definition) is 2. The van der Waals surface area contributed by atoms with E-state index in [-0.39, 0.29) is 22.6 Å². The van der Waals surface area contributed by atoms with Crippen LogP contribution in [0.3, 0.4) is 0 Å². The molecule has 0 unspecified atom stereocenters. The van der Waals surface area contributed by atoms with Gasteiger partial charge in [-0.3, -0.25) is 9.69 Å². The zero-order valence-electron chi connectivity index (χ0n) is 18.5. The summed E-state index contributed by atoms with van der Waals surface area (Å²) in [6.45, 7) is 3.36. The molecule has 1 fully saturated rings. The highest BCUT2D eigenvalue weighted by molar-refractivity contribution is 5.99. The van der Waals surface area contributed by atoms with Crippen LogP contribution in [0, 0.1) is 0 Å². The number of aromatic hydroxyl groups is 1. The molecule has 1 amide bonds. The summed E-state index contributed by atoms with van der Waals surface area (Å²) in [5, 5.41) is 13.3. The minimum absolute atomic E-state index is 0.0757. The lowest BCUT2D eigenvalue weighted by Crippen LogP contribution is -2.48. The number of ether oxygens (including phenoxy) is 1. The lowest BCUT2D eigenvalue weighted by molar-refractivity contribution is 0.0913. The van der Waals surface area contributed by atoms with Crippen LogP contribution in [0.2, 0.25) is 0 Å². The van der Waals surface area contributed by atoms with E-state index in [4.69, 9.17) is 4.74 Å². The first kappa shape index (κ1) is 21.9. The van der Waals surface area contributed by atoms with Crippen molar-refractivity contribution in [2.75, 3.05) is 26.7 Å². The van der Waals surface area contributed by atoms with Crippen molar-refractivity contribution >= 4 is 5.91 Å². The van der Waals surface area contributed by atoms with Crippen molar-refractivity contribution in [3.05, 3.63) is 95.6 Å². The number of carbonyl (C=O) groups is 1. The first-order chi connectivity index (χ1) is 15.6. The topological polar surface area (TPSA) is 61.8 Å². The molecule has 1 saturated heterocycles. The van der Waals surface area contributed by atoms with Gasteiger partial charge in [0, 0.05) is 18.5 Å². The van der Waals surface area contributed by atoms with Gasteiger partial charge in [0.05, 0.1) is 7.11 Å². The fourth-order valence-corrected chi connectivity index (χ4v) is 4.60. The number of nitrogens with zero attached hydrogens (tertiary/aromatic N) is 1. The highest BCUT2D eigenvalue weighted by Crippen LogP contribution is 2.36. The molecule has 0 bridgehead atoms. The fourth-order valence-electron chi connectivity index (χ4n) is 4.60. The Hall–Kier alpha value is -3.31. The van der Waals surface area contributed by atoms with Crippen molar-refractivity contribution in [3.8, 4) is 11.5 Å². The van der Waals surface area contributed by atoms with Gasteiger partial charge in [-0.2, -0.15) is 0 Å². The van der Waals surface area contributed by atoms with Gasteiger partial charge in [-0.05, 0) is 49.2 Å². The number of carbonyl (C=O) groups excluding carboxylic acids is 1. The first-order valence-electron chi connectivity index (χ1n) is 11.1. The molecule has 2 N–H and O–H groups in total. The summed E-state index contributed by atoms with van der Waals surface area (Å²) in [6, 6.07) is 25.8. The number of methoxy groups -OCH3 is 1. The zero-order valence-corrected chi connectivity index (χ0v) is 18.5. The highest BCUT2D eigenvalue weighted by atomic mass is 16.5. The lowest BCUT2D eigenvalue weighted by Gasteiger charge is -2.42. The smallest absolute Gasteiger partial charge is 0.258 e. The molecular weight excluding hydrogens is 400 g/mol. The van der Waals surface area contributed by atoms with Gasteiger partial charge >= 0.3 is 0 Å². The van der Waals surface area contributed by atoms with Gasteiger partial charge in [-0.25, -0.2) is 0 Å². The van der Waals surface area contributed by atoms with Crippen LogP contribution < -0.4 is 10.1 Å². The molecule has 0 radical (unpaired) electrons. The maximum atomic E-state index is 13.0. The van der Waals surface area contributed by atoms with Gasteiger partial charge in [0.25, 0.3) is 5.91 Å². The van der Waals surface area contributed by atoms with E-state index in [9.17, 15) is 9.90 Å². The lowest BCUT2D eigenvalue weighted by atomic mass is 9.72. The van der Waals surface area contributed by atoms with E-state index in [1.807, 2.05) is 12.1 Å². The van der Waals surface area contributed by atoms with Crippen LogP contribution in [0.15, 0.2) is 78.9 Å². The molecule has 166 valence electrons. The number of phenols is 1. The number of hydrogen-bond acceptors (Lipinski definition) is 4. The van der Waals surface area contributed by atoms with Gasteiger partial charge in [-0.15, -0.1) is 0 Å². The Kier molecular flexibility index (Phi) is 6.76. The Balaban J connectivity index is 1.50. The molecule has 4 rings (SSSR count). The first-order valence-corrected chi connectivity index (χ1v) is 11.1. The quantitative estimate of drug-likeness (QED) is 0.585. The van der Waals surface area contributed by atoms with Crippen molar-refractivity contribution in [2.45, 2.75) is 24.8 Å². The van der Waals surface area contributed by atoms with E-state index in [2.05, 4.69) is 58.7 Å². The van der Waals surface area contributed by atoms with Crippen molar-refractivity contribution in [1.29, 1.82) is 0 Å². The molecular formula is C27H30N2O3. The number of benzene rings is 3. The second kappa shape index (κ2) is 9.88. The van der Waals surface area contributed by atoms with E-state index in [0.29, 0.717) is 12.3 Å². The molecule has 3 aromatic carbocycles. The standard InChI is InChI=1S/C27H30N2O3/c1-32-24-14-8-13-23(30)25(24)26(31)28-20-27(22-11-6-3-7-12-22)15-17-29(18-16-27)19-21-9-4-2-5-10-21/h2-14,30H,15-20H2,1H3,(H,28,31). The second-order valence-electron chi connectivity index (χ2n) is 8.45. The van der Waals surface area contributed by atoms with E-state index in [1.54, 1.807) is 12.1 Å². The molecule has 0 saturated carbocycles. The number of rotatable bonds is 7. The van der Waals surface area contributed by atoms with Crippen molar-refractivity contribution in [1.82, 2.24) is 10.2 Å². The third-order valence-electron chi connectivity index (χ3n) is 6.49. The molecule has 1 aliphatic rings. The normalized spacial score (nSPS) is 15.8. The maximum absolute atomic E-state index is 13.0. The fraction of sp³-hybridized carbons (Fsp3) is 0.296. The number of piperidine rings is 1. The van der Waals surface area contributed by atoms with E-state index in [0.717, 1.165) is 32.5 Å². The van der Waals surface area contributed by atoms with E-state index in [1.165, 1.54) is 24.3 Å². The summed E-state index contributed by atoms with van der Waals surface area (Å²) < 4.78 is 5.29. The summed E-state index contributed by atoms with van der Waals surface area (Å²) in [4.78, 5) is 15.5. The van der Waals surface area contributed by atoms with Crippen molar-refractivity contribution in [2.24, 2.45) is 0 Å². The van der Waals surface area contributed by atoms with E-state index >= 15 is 0 Å². The minimum atomic E-state index is -0.318. The third-order valence-corrected chi connectivity index (χ3v) is 6.49. The van der Waals surface area contributed by atoms with Gasteiger partial charge in [0.1, 0.15) is 17.1 Å². The predicted molar refractivity (Wildman–Crippen MR) is 126 cm³/mol. The SMILES string of the molecule is COc1cccc(O)c1C(=O)NCC1(c2ccccc2)CCN(Cc2ccccc2)CC1. The molecule has 32 heavy (non-hydrogen) atoms. The third kappa shape index (κ3) is 4.78. The molecule has 5 nitrogen and oxygen atoms in total. The van der Waals surface area contributed by atoms with Crippen molar-refractivity contribution < 1.29 is 14.6 Å². The molecule has 3 aromatic rings. The molecule has 0 spiro atoms. The van der Waals surface area contributed by atoms with Crippen LogP contribution in [0.25, 0.3) is 0 Å². The Morgan fingerprint density at radius 1 is 0.969 bits per heavy atom. The Labute approximate surface area is 189 Å². The number of phenolic OH excluding ortho intramolecular Hbond substituents is 1. The molecule has 0 aliphatic carbocycles. The largest absolute Gasteiger partial charge is 0.507 e. The van der Waals surface area contributed by atoms with Gasteiger partial charge in [-0.1, -0.05) is 66.7 Å². The average Bonchev–Trinajstić information content (AvgIpc) is 2.84. The number of likely N-dealkylation sites (tertiary alicyclic amines) is 1. The Morgan fingerprint density at radius 2 is 1.62 bits per heavy atom.